The van der Waals surface area contributed by atoms with Crippen LogP contribution in [0.4, 0.5) is 0 Å². The molecule has 0 aromatic rings. The van der Waals surface area contributed by atoms with Crippen LogP contribution >= 0.6 is 0 Å². The Kier molecular flexibility index (Phi) is 14.0. The minimum atomic E-state index is -0.0607. The van der Waals surface area contributed by atoms with Gasteiger partial charge in [-0.1, -0.05) is 72.1 Å². The predicted octanol–water partition coefficient (Wildman–Crippen LogP) is 6.15. The number of ether oxygens (including phenoxy) is 1. The minimum Gasteiger partial charge on any atom is -0.431 e. The van der Waals surface area contributed by atoms with Gasteiger partial charge >= 0.3 is 5.97 Å². The van der Waals surface area contributed by atoms with Gasteiger partial charge in [-0.3, -0.25) is 4.79 Å². The molecule has 0 saturated carbocycles. The predicted molar refractivity (Wildman–Crippen MR) is 86.6 cm³/mol. The summed E-state index contributed by atoms with van der Waals surface area (Å²) in [4.78, 5) is 11.6. The molecule has 0 fully saturated rings. The lowest BCUT2D eigenvalue weighted by Crippen LogP contribution is -2.03. The number of carbonyl (C=O) groups is 1. The van der Waals surface area contributed by atoms with Gasteiger partial charge in [-0.05, 0) is 18.9 Å². The van der Waals surface area contributed by atoms with E-state index in [0.29, 0.717) is 6.42 Å². The van der Waals surface area contributed by atoms with Crippen molar-refractivity contribution in [3.63, 3.8) is 0 Å². The first-order valence-electron chi connectivity index (χ1n) is 8.64. The lowest BCUT2D eigenvalue weighted by Gasteiger charge is -2.06. The van der Waals surface area contributed by atoms with Gasteiger partial charge in [0.1, 0.15) is 5.76 Å². The fourth-order valence-corrected chi connectivity index (χ4v) is 2.26. The van der Waals surface area contributed by atoms with E-state index < -0.39 is 0 Å². The smallest absolute Gasteiger partial charge is 0.310 e. The highest BCUT2D eigenvalue weighted by Gasteiger charge is 2.05. The number of esters is 1. The highest BCUT2D eigenvalue weighted by atomic mass is 16.5. The molecule has 0 radical (unpaired) electrons. The number of hydrogen-bond acceptors (Lipinski definition) is 2. The summed E-state index contributed by atoms with van der Waals surface area (Å²) < 4.78 is 5.33. The van der Waals surface area contributed by atoms with Crippen LogP contribution in [0.1, 0.15) is 97.8 Å². The van der Waals surface area contributed by atoms with Crippen molar-refractivity contribution >= 4 is 5.97 Å². The third kappa shape index (κ3) is 12.3. The molecule has 0 bridgehead atoms. The Labute approximate surface area is 126 Å². The molecule has 118 valence electrons. The first-order valence-corrected chi connectivity index (χ1v) is 8.64. The molecule has 0 aromatic carbocycles. The molecule has 0 atom stereocenters. The summed E-state index contributed by atoms with van der Waals surface area (Å²) in [6, 6.07) is 0. The van der Waals surface area contributed by atoms with Crippen LogP contribution in [-0.2, 0) is 9.53 Å². The van der Waals surface area contributed by atoms with Gasteiger partial charge in [-0.25, -0.2) is 0 Å². The zero-order valence-electron chi connectivity index (χ0n) is 13.9. The normalized spacial score (nSPS) is 11.7. The molecule has 0 N–H and O–H groups in total. The number of rotatable bonds is 13. The van der Waals surface area contributed by atoms with Crippen LogP contribution in [0.2, 0.25) is 0 Å². The largest absolute Gasteiger partial charge is 0.431 e. The van der Waals surface area contributed by atoms with Crippen LogP contribution in [-0.4, -0.2) is 5.97 Å². The molecule has 0 heterocycles. The van der Waals surface area contributed by atoms with Crippen LogP contribution in [0.3, 0.4) is 0 Å². The van der Waals surface area contributed by atoms with Gasteiger partial charge in [0.05, 0.1) is 0 Å². The molecule has 0 aliphatic heterocycles. The molecule has 0 spiro atoms. The van der Waals surface area contributed by atoms with E-state index in [2.05, 4.69) is 13.8 Å². The van der Waals surface area contributed by atoms with Crippen molar-refractivity contribution in [1.82, 2.24) is 0 Å². The Hall–Kier alpha value is -0.790. The van der Waals surface area contributed by atoms with E-state index in [9.17, 15) is 4.79 Å². The van der Waals surface area contributed by atoms with E-state index in [-0.39, 0.29) is 5.97 Å². The SMILES string of the molecule is CCC=C(CC)OC(=O)CCCCCCCCCCC. The molecule has 20 heavy (non-hydrogen) atoms. The highest BCUT2D eigenvalue weighted by Crippen LogP contribution is 2.12. The third-order valence-corrected chi connectivity index (χ3v) is 3.51. The van der Waals surface area contributed by atoms with Crippen molar-refractivity contribution in [2.24, 2.45) is 0 Å². The van der Waals surface area contributed by atoms with E-state index in [1.54, 1.807) is 0 Å². The average molecular weight is 282 g/mol. The van der Waals surface area contributed by atoms with E-state index in [1.807, 2.05) is 13.0 Å². The number of carbonyl (C=O) groups excluding carboxylic acids is 1. The van der Waals surface area contributed by atoms with Gasteiger partial charge in [0, 0.05) is 12.8 Å². The quantitative estimate of drug-likeness (QED) is 0.230. The molecule has 0 aliphatic rings. The molecule has 0 aliphatic carbocycles. The summed E-state index contributed by atoms with van der Waals surface area (Å²) >= 11 is 0. The molecular formula is C18H34O2. The molecule has 0 rings (SSSR count). The van der Waals surface area contributed by atoms with E-state index >= 15 is 0 Å². The van der Waals surface area contributed by atoms with Crippen LogP contribution in [0.15, 0.2) is 11.8 Å². The Morgan fingerprint density at radius 1 is 0.850 bits per heavy atom. The maximum atomic E-state index is 11.6. The fourth-order valence-electron chi connectivity index (χ4n) is 2.26. The lowest BCUT2D eigenvalue weighted by molar-refractivity contribution is -0.139. The third-order valence-electron chi connectivity index (χ3n) is 3.51. The summed E-state index contributed by atoms with van der Waals surface area (Å²) in [6.45, 7) is 6.33. The van der Waals surface area contributed by atoms with Gasteiger partial charge in [0.15, 0.2) is 0 Å². The van der Waals surface area contributed by atoms with Gasteiger partial charge in [0.25, 0.3) is 0 Å². The van der Waals surface area contributed by atoms with E-state index in [0.717, 1.165) is 31.4 Å². The Morgan fingerprint density at radius 3 is 1.90 bits per heavy atom. The lowest BCUT2D eigenvalue weighted by atomic mass is 10.1. The fraction of sp³-hybridized carbons (Fsp3) is 0.833. The molecule has 0 aromatic heterocycles. The second-order valence-corrected chi connectivity index (χ2v) is 5.48. The summed E-state index contributed by atoms with van der Waals surface area (Å²) in [5.41, 5.74) is 0. The molecule has 2 nitrogen and oxygen atoms in total. The Balaban J connectivity index is 3.41. The molecule has 2 heteroatoms. The number of unbranched alkanes of at least 4 members (excludes halogenated alkanes) is 8. The maximum Gasteiger partial charge on any atom is 0.310 e. The Morgan fingerprint density at radius 2 is 1.40 bits per heavy atom. The zero-order chi connectivity index (χ0) is 15.1. The summed E-state index contributed by atoms with van der Waals surface area (Å²) in [7, 11) is 0. The van der Waals surface area contributed by atoms with Crippen LogP contribution in [0.5, 0.6) is 0 Å². The van der Waals surface area contributed by atoms with Crippen LogP contribution in [0.25, 0.3) is 0 Å². The number of hydrogen-bond donors (Lipinski definition) is 0. The topological polar surface area (TPSA) is 26.3 Å². The van der Waals surface area contributed by atoms with E-state index in [4.69, 9.17) is 4.74 Å². The van der Waals surface area contributed by atoms with Crippen molar-refractivity contribution < 1.29 is 9.53 Å². The first kappa shape index (κ1) is 19.2. The van der Waals surface area contributed by atoms with Gasteiger partial charge in [-0.15, -0.1) is 0 Å². The summed E-state index contributed by atoms with van der Waals surface area (Å²) in [6.07, 6.45) is 15.8. The second kappa shape index (κ2) is 14.6. The minimum absolute atomic E-state index is 0.0607. The summed E-state index contributed by atoms with van der Waals surface area (Å²) in [5.74, 6) is 0.767. The van der Waals surface area contributed by atoms with Crippen LogP contribution in [0, 0.1) is 0 Å². The molecule has 0 unspecified atom stereocenters. The van der Waals surface area contributed by atoms with Crippen molar-refractivity contribution in [1.29, 1.82) is 0 Å². The van der Waals surface area contributed by atoms with Gasteiger partial charge in [-0.2, -0.15) is 0 Å². The van der Waals surface area contributed by atoms with Crippen molar-refractivity contribution in [3.8, 4) is 0 Å². The molecular weight excluding hydrogens is 248 g/mol. The van der Waals surface area contributed by atoms with Crippen molar-refractivity contribution in [2.45, 2.75) is 97.8 Å². The Bertz CT molecular complexity index is 256. The molecule has 0 amide bonds. The monoisotopic (exact) mass is 282 g/mol. The van der Waals surface area contributed by atoms with Gasteiger partial charge < -0.3 is 4.74 Å². The van der Waals surface area contributed by atoms with Gasteiger partial charge in [0.2, 0.25) is 0 Å². The zero-order valence-corrected chi connectivity index (χ0v) is 13.9. The standard InChI is InChI=1S/C18H34O2/c1-4-7-8-9-10-11-12-13-14-16-18(19)20-17(6-3)15-5-2/h15H,4-14,16H2,1-3H3. The average Bonchev–Trinajstić information content (AvgIpc) is 2.45. The van der Waals surface area contributed by atoms with E-state index in [1.165, 1.54) is 44.9 Å². The van der Waals surface area contributed by atoms with Crippen LogP contribution < -0.4 is 0 Å². The van der Waals surface area contributed by atoms with Crippen molar-refractivity contribution in [2.75, 3.05) is 0 Å². The highest BCUT2D eigenvalue weighted by molar-refractivity contribution is 5.70. The molecule has 0 saturated heterocycles. The maximum absolute atomic E-state index is 11.6. The number of allylic oxidation sites excluding steroid dienone is 2. The summed E-state index contributed by atoms with van der Waals surface area (Å²) in [5, 5.41) is 0. The first-order chi connectivity index (χ1) is 9.74. The second-order valence-electron chi connectivity index (χ2n) is 5.48. The van der Waals surface area contributed by atoms with Crippen molar-refractivity contribution in [3.05, 3.63) is 11.8 Å².